The number of rotatable bonds is 6. The van der Waals surface area contributed by atoms with E-state index in [9.17, 15) is 13.2 Å². The minimum absolute atomic E-state index is 0.0808. The van der Waals surface area contributed by atoms with Crippen molar-refractivity contribution in [2.75, 3.05) is 7.11 Å². The molecule has 8 heteroatoms. The van der Waals surface area contributed by atoms with Gasteiger partial charge in [0.2, 0.25) is 0 Å². The molecular formula is C23H23NO5SSe. The molecule has 3 atom stereocenters. The van der Waals surface area contributed by atoms with Crippen molar-refractivity contribution in [3.05, 3.63) is 84.3 Å². The summed E-state index contributed by atoms with van der Waals surface area (Å²) in [7, 11) is -2.69. The molecule has 1 fully saturated rings. The van der Waals surface area contributed by atoms with Gasteiger partial charge >= 0.3 is 189 Å². The zero-order valence-electron chi connectivity index (χ0n) is 17.2. The van der Waals surface area contributed by atoms with Crippen LogP contribution in [0.2, 0.25) is 4.82 Å². The van der Waals surface area contributed by atoms with E-state index in [1.54, 1.807) is 36.4 Å². The number of methoxy groups -OCH3 is 1. The summed E-state index contributed by atoms with van der Waals surface area (Å²) < 4.78 is 40.7. The van der Waals surface area contributed by atoms with Gasteiger partial charge in [-0.25, -0.2) is 0 Å². The number of ether oxygens (including phenoxy) is 1. The Hall–Kier alpha value is -2.38. The van der Waals surface area contributed by atoms with Crippen LogP contribution in [0, 0.1) is 6.92 Å². The van der Waals surface area contributed by atoms with Crippen LogP contribution in [0.1, 0.15) is 23.8 Å². The molecule has 0 bridgehead atoms. The van der Waals surface area contributed by atoms with Crippen molar-refractivity contribution in [3.8, 4) is 0 Å². The van der Waals surface area contributed by atoms with Gasteiger partial charge in [-0.2, -0.15) is 0 Å². The molecule has 2 aromatic carbocycles. The van der Waals surface area contributed by atoms with Gasteiger partial charge in [-0.1, -0.05) is 0 Å². The zero-order chi connectivity index (χ0) is 22.0. The van der Waals surface area contributed by atoms with E-state index in [2.05, 4.69) is 0 Å². The van der Waals surface area contributed by atoms with Crippen LogP contribution in [0.5, 0.6) is 0 Å². The second-order valence-corrected chi connectivity index (χ2v) is 11.9. The predicted octanol–water partition coefficient (Wildman–Crippen LogP) is 3.08. The molecule has 0 saturated carbocycles. The van der Waals surface area contributed by atoms with Crippen LogP contribution in [0.15, 0.2) is 82.3 Å². The summed E-state index contributed by atoms with van der Waals surface area (Å²) in [6, 6.07) is 18.6. The summed E-state index contributed by atoms with van der Waals surface area (Å²) in [5.74, 6) is -0.0245. The average Bonchev–Trinajstić information content (AvgIpc) is 3.42. The summed E-state index contributed by atoms with van der Waals surface area (Å²) in [6.45, 7) is 1.90. The van der Waals surface area contributed by atoms with E-state index in [0.717, 1.165) is 10.0 Å². The van der Waals surface area contributed by atoms with Gasteiger partial charge < -0.3 is 0 Å². The molecule has 1 saturated heterocycles. The van der Waals surface area contributed by atoms with E-state index in [4.69, 9.17) is 9.15 Å². The van der Waals surface area contributed by atoms with E-state index in [0.29, 0.717) is 12.2 Å². The third-order valence-electron chi connectivity index (χ3n) is 5.32. The van der Waals surface area contributed by atoms with Crippen LogP contribution in [0.3, 0.4) is 0 Å². The van der Waals surface area contributed by atoms with Crippen LogP contribution in [0.25, 0.3) is 0 Å². The first-order valence-corrected chi connectivity index (χ1v) is 13.1. The van der Waals surface area contributed by atoms with E-state index in [1.807, 2.05) is 37.3 Å². The number of hydrogen-bond acceptors (Lipinski definition) is 5. The molecule has 31 heavy (non-hydrogen) atoms. The molecule has 2 heterocycles. The topological polar surface area (TPSA) is 76.8 Å². The monoisotopic (exact) mass is 505 g/mol. The van der Waals surface area contributed by atoms with Crippen LogP contribution >= 0.6 is 0 Å². The van der Waals surface area contributed by atoms with Crippen molar-refractivity contribution in [1.82, 2.24) is 4.31 Å². The second-order valence-electron chi connectivity index (χ2n) is 7.35. The van der Waals surface area contributed by atoms with Crippen molar-refractivity contribution >= 4 is 35.4 Å². The van der Waals surface area contributed by atoms with Gasteiger partial charge in [0.25, 0.3) is 0 Å². The Morgan fingerprint density at radius 2 is 1.77 bits per heavy atom. The molecule has 1 aliphatic rings. The average molecular weight is 504 g/mol. The van der Waals surface area contributed by atoms with Gasteiger partial charge in [0, 0.05) is 0 Å². The number of aryl methyl sites for hydroxylation is 1. The fourth-order valence-corrected chi connectivity index (χ4v) is 8.61. The Morgan fingerprint density at radius 1 is 1.06 bits per heavy atom. The quantitative estimate of drug-likeness (QED) is 0.381. The Balaban J connectivity index is 1.81. The fourth-order valence-electron chi connectivity index (χ4n) is 3.85. The van der Waals surface area contributed by atoms with Gasteiger partial charge in [-0.15, -0.1) is 0 Å². The molecule has 0 aliphatic carbocycles. The Labute approximate surface area is 188 Å². The second kappa shape index (κ2) is 9.00. The van der Waals surface area contributed by atoms with Gasteiger partial charge in [-0.3, -0.25) is 0 Å². The minimum atomic E-state index is -3.98. The summed E-state index contributed by atoms with van der Waals surface area (Å²) >= 11 is -0.0808. The summed E-state index contributed by atoms with van der Waals surface area (Å²) in [5, 5.41) is 0. The first-order chi connectivity index (χ1) is 14.9. The maximum absolute atomic E-state index is 13.8. The molecule has 1 aliphatic heterocycles. The van der Waals surface area contributed by atoms with Crippen molar-refractivity contribution in [2.24, 2.45) is 0 Å². The van der Waals surface area contributed by atoms with E-state index >= 15 is 0 Å². The van der Waals surface area contributed by atoms with Crippen LogP contribution < -0.4 is 4.46 Å². The molecular weight excluding hydrogens is 481 g/mol. The van der Waals surface area contributed by atoms with E-state index in [-0.39, 0.29) is 24.7 Å². The maximum atomic E-state index is 13.8. The standard InChI is InChI=1S/C23H23NO5SSe/c1-16-10-12-17(13-11-16)30(26,27)24-19(23(25)28-2)15-21(22(24)20-9-6-14-29-20)31-18-7-4-3-5-8-18/h3-14,19,21-22H,15H2,1-2H3/t19-,21-,22+/m1/s1. The number of carbonyl (C=O) groups is 1. The number of carbonyl (C=O) groups excluding carboxylic acids is 1. The normalized spacial score (nSPS) is 21.8. The van der Waals surface area contributed by atoms with Crippen LogP contribution in [0.4, 0.5) is 0 Å². The Bertz CT molecular complexity index is 1130. The van der Waals surface area contributed by atoms with Crippen LogP contribution in [-0.4, -0.2) is 46.8 Å². The van der Waals surface area contributed by atoms with E-state index in [1.165, 1.54) is 17.7 Å². The SMILES string of the molecule is COC(=O)[C@H]1C[C@@H]([Se]c2ccccc2)[C@H](c2ccco2)N1S(=O)(=O)c1ccc(C)cc1. The summed E-state index contributed by atoms with van der Waals surface area (Å²) in [4.78, 5) is 12.8. The molecule has 0 radical (unpaired) electrons. The number of nitrogens with zero attached hydrogens (tertiary/aromatic N) is 1. The van der Waals surface area contributed by atoms with Gasteiger partial charge in [-0.05, 0) is 0 Å². The third kappa shape index (κ3) is 4.34. The molecule has 0 spiro atoms. The molecule has 0 unspecified atom stereocenters. The van der Waals surface area contributed by atoms with E-state index < -0.39 is 28.1 Å². The Morgan fingerprint density at radius 3 is 2.39 bits per heavy atom. The number of esters is 1. The first-order valence-electron chi connectivity index (χ1n) is 9.85. The molecule has 4 rings (SSSR count). The number of hydrogen-bond donors (Lipinski definition) is 0. The Kier molecular flexibility index (Phi) is 6.34. The number of benzene rings is 2. The molecule has 0 amide bonds. The first kappa shape index (κ1) is 21.8. The molecule has 3 aromatic rings. The van der Waals surface area contributed by atoms with Crippen molar-refractivity contribution in [1.29, 1.82) is 0 Å². The van der Waals surface area contributed by atoms with Gasteiger partial charge in [0.05, 0.1) is 0 Å². The predicted molar refractivity (Wildman–Crippen MR) is 118 cm³/mol. The number of furan rings is 1. The molecule has 162 valence electrons. The number of sulfonamides is 1. The van der Waals surface area contributed by atoms with Crippen LogP contribution in [-0.2, 0) is 19.6 Å². The van der Waals surface area contributed by atoms with Crippen molar-refractivity contribution in [2.45, 2.75) is 35.1 Å². The third-order valence-corrected chi connectivity index (χ3v) is 9.95. The van der Waals surface area contributed by atoms with Gasteiger partial charge in [0.1, 0.15) is 0 Å². The molecule has 0 N–H and O–H groups in total. The van der Waals surface area contributed by atoms with Crippen molar-refractivity contribution in [3.63, 3.8) is 0 Å². The molecule has 1 aromatic heterocycles. The molecule has 6 nitrogen and oxygen atoms in total. The fraction of sp³-hybridized carbons (Fsp3) is 0.261. The summed E-state index contributed by atoms with van der Waals surface area (Å²) in [6.07, 6.45) is 1.90. The zero-order valence-corrected chi connectivity index (χ0v) is 19.7. The van der Waals surface area contributed by atoms with Crippen molar-refractivity contribution < 1.29 is 22.4 Å². The van der Waals surface area contributed by atoms with Gasteiger partial charge in [0.15, 0.2) is 0 Å². The summed E-state index contributed by atoms with van der Waals surface area (Å²) in [5.41, 5.74) is 0.956.